The van der Waals surface area contributed by atoms with Crippen molar-refractivity contribution in [3.63, 3.8) is 0 Å². The number of carboxylic acid groups (broad SMARTS) is 1. The van der Waals surface area contributed by atoms with Gasteiger partial charge in [-0.2, -0.15) is 0 Å². The minimum atomic E-state index is -1.28. The van der Waals surface area contributed by atoms with Crippen molar-refractivity contribution in [2.24, 2.45) is 0 Å². The zero-order valence-corrected chi connectivity index (χ0v) is 11.0. The number of carbonyl (C=O) groups is 3. The van der Waals surface area contributed by atoms with Gasteiger partial charge in [-0.15, -0.1) is 0 Å². The van der Waals surface area contributed by atoms with Crippen molar-refractivity contribution in [1.29, 1.82) is 0 Å². The molecule has 1 aliphatic rings. The largest absolute Gasteiger partial charge is 0.508 e. The lowest BCUT2D eigenvalue weighted by atomic mass is 10.1. The van der Waals surface area contributed by atoms with Crippen LogP contribution < -0.4 is 16.0 Å². The third-order valence-electron chi connectivity index (χ3n) is 3.07. The van der Waals surface area contributed by atoms with Crippen LogP contribution in [0, 0.1) is 0 Å². The van der Waals surface area contributed by atoms with Crippen molar-refractivity contribution in [2.75, 3.05) is 11.9 Å². The normalized spacial score (nSPS) is 17.7. The van der Waals surface area contributed by atoms with E-state index in [1.807, 2.05) is 0 Å². The first-order valence-electron chi connectivity index (χ1n) is 6.39. The summed E-state index contributed by atoms with van der Waals surface area (Å²) in [5, 5.41) is 25.8. The molecule has 0 saturated carbocycles. The number of anilines is 1. The second-order valence-corrected chi connectivity index (χ2v) is 4.62. The highest BCUT2D eigenvalue weighted by atomic mass is 16.4. The Kier molecular flexibility index (Phi) is 4.27. The summed E-state index contributed by atoms with van der Waals surface area (Å²) < 4.78 is 0. The highest BCUT2D eigenvalue weighted by Crippen LogP contribution is 2.21. The summed E-state index contributed by atoms with van der Waals surface area (Å²) in [7, 11) is 0. The zero-order valence-electron chi connectivity index (χ0n) is 11.0. The summed E-state index contributed by atoms with van der Waals surface area (Å²) in [5.41, 5.74) is -0.202. The van der Waals surface area contributed by atoms with Crippen LogP contribution in [-0.4, -0.2) is 40.7 Å². The summed E-state index contributed by atoms with van der Waals surface area (Å²) in [6, 6.07) is 2.26. The zero-order chi connectivity index (χ0) is 15.4. The van der Waals surface area contributed by atoms with E-state index >= 15 is 0 Å². The van der Waals surface area contributed by atoms with Gasteiger partial charge >= 0.3 is 12.0 Å². The molecule has 1 unspecified atom stereocenters. The fraction of sp³-hybridized carbons (Fsp3) is 0.308. The van der Waals surface area contributed by atoms with Crippen LogP contribution in [0.25, 0.3) is 0 Å². The molecule has 1 atom stereocenters. The fourth-order valence-corrected chi connectivity index (χ4v) is 2.04. The van der Waals surface area contributed by atoms with E-state index in [4.69, 9.17) is 5.11 Å². The molecule has 5 N–H and O–H groups in total. The average Bonchev–Trinajstić information content (AvgIpc) is 2.43. The molecule has 0 radical (unpaired) electrons. The Balaban J connectivity index is 2.05. The Morgan fingerprint density at radius 2 is 2.10 bits per heavy atom. The van der Waals surface area contributed by atoms with Crippen LogP contribution in [0.2, 0.25) is 0 Å². The first kappa shape index (κ1) is 14.6. The minimum Gasteiger partial charge on any atom is -0.508 e. The Hall–Kier alpha value is -2.77. The van der Waals surface area contributed by atoms with Gasteiger partial charge in [-0.05, 0) is 31.0 Å². The molecule has 0 spiro atoms. The number of hydrogen-bond donors (Lipinski definition) is 5. The lowest BCUT2D eigenvalue weighted by molar-refractivity contribution is -0.124. The van der Waals surface area contributed by atoms with Crippen molar-refractivity contribution >= 4 is 23.6 Å². The number of rotatable bonds is 3. The van der Waals surface area contributed by atoms with Crippen LogP contribution in [0.15, 0.2) is 18.2 Å². The first-order chi connectivity index (χ1) is 9.97. The number of aromatic hydroxyl groups is 1. The van der Waals surface area contributed by atoms with Crippen LogP contribution in [0.3, 0.4) is 0 Å². The maximum Gasteiger partial charge on any atom is 0.337 e. The predicted octanol–water partition coefficient (Wildman–Crippen LogP) is 0.490. The maximum atomic E-state index is 11.8. The quantitative estimate of drug-likeness (QED) is 0.518. The summed E-state index contributed by atoms with van der Waals surface area (Å²) in [4.78, 5) is 34.4. The van der Waals surface area contributed by atoms with Crippen LogP contribution >= 0.6 is 0 Å². The van der Waals surface area contributed by atoms with Crippen LogP contribution in [-0.2, 0) is 4.79 Å². The van der Waals surface area contributed by atoms with Crippen molar-refractivity contribution in [3.05, 3.63) is 23.8 Å². The number of nitrogens with one attached hydrogen (secondary N) is 3. The fourth-order valence-electron chi connectivity index (χ4n) is 2.04. The first-order valence-corrected chi connectivity index (χ1v) is 6.39. The molecule has 8 nitrogen and oxygen atoms in total. The van der Waals surface area contributed by atoms with Crippen LogP contribution in [0.1, 0.15) is 23.2 Å². The van der Waals surface area contributed by atoms with E-state index in [1.54, 1.807) is 0 Å². The minimum absolute atomic E-state index is 0.0361. The molecule has 1 fully saturated rings. The monoisotopic (exact) mass is 293 g/mol. The van der Waals surface area contributed by atoms with E-state index in [0.29, 0.717) is 13.0 Å². The molecule has 0 bridgehead atoms. The van der Waals surface area contributed by atoms with E-state index in [9.17, 15) is 19.5 Å². The SMILES string of the molecule is O=C(Nc1ccc(O)cc1C(=O)O)NC1CCCNC1=O. The molecule has 1 aromatic carbocycles. The third-order valence-corrected chi connectivity index (χ3v) is 3.07. The second kappa shape index (κ2) is 6.12. The van der Waals surface area contributed by atoms with Crippen LogP contribution in [0.5, 0.6) is 5.75 Å². The van der Waals surface area contributed by atoms with Gasteiger partial charge < -0.3 is 26.2 Å². The Morgan fingerprint density at radius 1 is 1.33 bits per heavy atom. The Bertz CT molecular complexity index is 587. The number of phenolic OH excluding ortho intramolecular Hbond substituents is 1. The Labute approximate surface area is 120 Å². The van der Waals surface area contributed by atoms with Crippen molar-refractivity contribution in [2.45, 2.75) is 18.9 Å². The third kappa shape index (κ3) is 3.62. The number of hydrogen-bond acceptors (Lipinski definition) is 4. The number of piperidine rings is 1. The van der Waals surface area contributed by atoms with Gasteiger partial charge in [0.15, 0.2) is 0 Å². The van der Waals surface area contributed by atoms with Crippen LogP contribution in [0.4, 0.5) is 10.5 Å². The van der Waals surface area contributed by atoms with Crippen molar-refractivity contribution in [3.8, 4) is 5.75 Å². The van der Waals surface area contributed by atoms with Gasteiger partial charge in [0.2, 0.25) is 5.91 Å². The lowest BCUT2D eigenvalue weighted by Gasteiger charge is -2.23. The van der Waals surface area contributed by atoms with E-state index < -0.39 is 18.0 Å². The number of amides is 3. The van der Waals surface area contributed by atoms with Gasteiger partial charge in [0.05, 0.1) is 11.3 Å². The van der Waals surface area contributed by atoms with Crippen molar-refractivity contribution in [1.82, 2.24) is 10.6 Å². The Morgan fingerprint density at radius 3 is 2.76 bits per heavy atom. The number of phenols is 1. The van der Waals surface area contributed by atoms with Gasteiger partial charge in [0.1, 0.15) is 11.8 Å². The lowest BCUT2D eigenvalue weighted by Crippen LogP contribution is -2.51. The number of aromatic carboxylic acids is 1. The molecule has 3 amide bonds. The van der Waals surface area contributed by atoms with Crippen molar-refractivity contribution < 1.29 is 24.6 Å². The number of carboxylic acids is 1. The summed E-state index contributed by atoms with van der Waals surface area (Å²) >= 11 is 0. The molecule has 1 aromatic rings. The molecule has 2 rings (SSSR count). The summed E-state index contributed by atoms with van der Waals surface area (Å²) in [5.74, 6) is -1.76. The molecule has 1 aliphatic heterocycles. The molecule has 0 aliphatic carbocycles. The maximum absolute atomic E-state index is 11.8. The molecule has 0 aromatic heterocycles. The predicted molar refractivity (Wildman–Crippen MR) is 73.3 cm³/mol. The molecule has 8 heteroatoms. The molecule has 1 heterocycles. The van der Waals surface area contributed by atoms with Gasteiger partial charge in [0.25, 0.3) is 0 Å². The van der Waals surface area contributed by atoms with E-state index in [-0.39, 0.29) is 22.9 Å². The van der Waals surface area contributed by atoms with E-state index in [2.05, 4.69) is 16.0 Å². The topological polar surface area (TPSA) is 128 Å². The number of urea groups is 1. The number of carbonyl (C=O) groups excluding carboxylic acids is 2. The molecule has 21 heavy (non-hydrogen) atoms. The molecule has 1 saturated heterocycles. The smallest absolute Gasteiger partial charge is 0.337 e. The van der Waals surface area contributed by atoms with Gasteiger partial charge in [-0.1, -0.05) is 0 Å². The number of benzene rings is 1. The highest BCUT2D eigenvalue weighted by molar-refractivity contribution is 6.01. The van der Waals surface area contributed by atoms with E-state index in [1.165, 1.54) is 12.1 Å². The molecular weight excluding hydrogens is 278 g/mol. The standard InChI is InChI=1S/C13H15N3O5/c17-7-3-4-9(8(6-7)12(19)20)15-13(21)16-10-2-1-5-14-11(10)18/h3-4,6,10,17H,1-2,5H2,(H,14,18)(H,19,20)(H2,15,16,21). The van der Waals surface area contributed by atoms with Gasteiger partial charge in [0, 0.05) is 6.54 Å². The van der Waals surface area contributed by atoms with Gasteiger partial charge in [-0.25, -0.2) is 9.59 Å². The molecule has 112 valence electrons. The summed E-state index contributed by atoms with van der Waals surface area (Å²) in [6.45, 7) is 0.583. The highest BCUT2D eigenvalue weighted by Gasteiger charge is 2.24. The van der Waals surface area contributed by atoms with E-state index in [0.717, 1.165) is 12.5 Å². The molecular formula is C13H15N3O5. The van der Waals surface area contributed by atoms with Gasteiger partial charge in [-0.3, -0.25) is 4.79 Å². The average molecular weight is 293 g/mol. The second-order valence-electron chi connectivity index (χ2n) is 4.62. The summed E-state index contributed by atoms with van der Waals surface area (Å²) in [6.07, 6.45) is 1.29.